The van der Waals surface area contributed by atoms with E-state index in [9.17, 15) is 0 Å². The summed E-state index contributed by atoms with van der Waals surface area (Å²) in [6.45, 7) is 5.97. The van der Waals surface area contributed by atoms with Gasteiger partial charge in [0, 0.05) is 12.6 Å². The molecule has 2 rings (SSSR count). The van der Waals surface area contributed by atoms with Crippen molar-refractivity contribution in [2.24, 2.45) is 0 Å². The van der Waals surface area contributed by atoms with Crippen LogP contribution in [0.3, 0.4) is 0 Å². The number of nitrogens with zero attached hydrogens (tertiary/aromatic N) is 2. The average molecular weight is 336 g/mol. The molecule has 0 aliphatic carbocycles. The van der Waals surface area contributed by atoms with Crippen LogP contribution in [0.1, 0.15) is 19.5 Å². The molecule has 0 fully saturated rings. The fourth-order valence-electron chi connectivity index (χ4n) is 1.81. The number of benzene rings is 1. The van der Waals surface area contributed by atoms with Gasteiger partial charge in [-0.3, -0.25) is 0 Å². The molecule has 0 spiro atoms. The lowest BCUT2D eigenvalue weighted by atomic mass is 10.2. The zero-order valence-corrected chi connectivity index (χ0v) is 13.7. The first-order chi connectivity index (χ1) is 9.51. The Morgan fingerprint density at radius 2 is 1.80 bits per heavy atom. The molecule has 0 bridgehead atoms. The highest BCUT2D eigenvalue weighted by atomic mass is 79.9. The largest absolute Gasteiger partial charge is 0.491 e. The Hall–Kier alpha value is -1.62. The van der Waals surface area contributed by atoms with E-state index >= 15 is 0 Å². The van der Waals surface area contributed by atoms with Gasteiger partial charge in [-0.25, -0.2) is 9.97 Å². The highest BCUT2D eigenvalue weighted by molar-refractivity contribution is 9.10. The van der Waals surface area contributed by atoms with Crippen LogP contribution in [0, 0.1) is 6.92 Å². The van der Waals surface area contributed by atoms with Gasteiger partial charge in [-0.1, -0.05) is 0 Å². The number of aromatic nitrogens is 2. The number of anilines is 1. The van der Waals surface area contributed by atoms with E-state index < -0.39 is 0 Å². The third-order valence-corrected chi connectivity index (χ3v) is 3.69. The molecule has 0 amide bonds. The monoisotopic (exact) mass is 335 g/mol. The van der Waals surface area contributed by atoms with Gasteiger partial charge < -0.3 is 10.1 Å². The smallest absolute Gasteiger partial charge is 0.161 e. The molecule has 106 valence electrons. The summed E-state index contributed by atoms with van der Waals surface area (Å²) in [6.07, 6.45) is 0.169. The van der Waals surface area contributed by atoms with E-state index in [-0.39, 0.29) is 6.10 Å². The molecular weight excluding hydrogens is 318 g/mol. The molecule has 0 saturated carbocycles. The summed E-state index contributed by atoms with van der Waals surface area (Å²) < 4.78 is 6.52. The minimum absolute atomic E-state index is 0.169. The van der Waals surface area contributed by atoms with Crippen molar-refractivity contribution in [3.8, 4) is 17.1 Å². The van der Waals surface area contributed by atoms with Gasteiger partial charge in [-0.2, -0.15) is 0 Å². The van der Waals surface area contributed by atoms with Gasteiger partial charge in [-0.15, -0.1) is 0 Å². The van der Waals surface area contributed by atoms with Crippen molar-refractivity contribution >= 4 is 21.7 Å². The summed E-state index contributed by atoms with van der Waals surface area (Å²) in [5.74, 6) is 2.34. The molecular formula is C15H18BrN3O. The fraction of sp³-hybridized carbons (Fsp3) is 0.333. The number of aryl methyl sites for hydroxylation is 1. The number of hydrogen-bond acceptors (Lipinski definition) is 4. The maximum Gasteiger partial charge on any atom is 0.161 e. The van der Waals surface area contributed by atoms with Crippen molar-refractivity contribution in [2.75, 3.05) is 12.4 Å². The first-order valence-electron chi connectivity index (χ1n) is 6.50. The van der Waals surface area contributed by atoms with Crippen LogP contribution < -0.4 is 10.1 Å². The molecule has 0 saturated heterocycles. The van der Waals surface area contributed by atoms with Crippen LogP contribution in [-0.2, 0) is 0 Å². The number of rotatable bonds is 4. The molecule has 0 unspecified atom stereocenters. The van der Waals surface area contributed by atoms with Gasteiger partial charge in [0.1, 0.15) is 11.6 Å². The molecule has 0 radical (unpaired) electrons. The van der Waals surface area contributed by atoms with E-state index in [0.29, 0.717) is 5.82 Å². The van der Waals surface area contributed by atoms with Crippen LogP contribution in [0.5, 0.6) is 5.75 Å². The molecule has 1 aromatic carbocycles. The number of hydrogen-bond donors (Lipinski definition) is 1. The summed E-state index contributed by atoms with van der Waals surface area (Å²) in [4.78, 5) is 9.01. The predicted octanol–water partition coefficient (Wildman–Crippen LogP) is 4.04. The van der Waals surface area contributed by atoms with Crippen molar-refractivity contribution in [2.45, 2.75) is 26.9 Å². The van der Waals surface area contributed by atoms with Crippen LogP contribution in [0.15, 0.2) is 28.7 Å². The second-order valence-electron chi connectivity index (χ2n) is 4.74. The van der Waals surface area contributed by atoms with Gasteiger partial charge >= 0.3 is 0 Å². The minimum atomic E-state index is 0.169. The normalized spacial score (nSPS) is 10.7. The van der Waals surface area contributed by atoms with Crippen molar-refractivity contribution in [3.63, 3.8) is 0 Å². The number of nitrogens with one attached hydrogen (secondary N) is 1. The molecule has 1 N–H and O–H groups in total. The topological polar surface area (TPSA) is 47.0 Å². The molecule has 1 aromatic heterocycles. The number of ether oxygens (including phenoxy) is 1. The van der Waals surface area contributed by atoms with Gasteiger partial charge in [0.15, 0.2) is 5.82 Å². The lowest BCUT2D eigenvalue weighted by molar-refractivity contribution is 0.242. The standard InChI is InChI=1S/C15H18BrN3O/c1-9(2)20-12-7-5-11(6-8-12)14-18-10(3)13(16)15(17-4)19-14/h5-9H,1-4H3,(H,17,18,19). The van der Waals surface area contributed by atoms with Crippen LogP contribution in [0.25, 0.3) is 11.4 Å². The molecule has 5 heteroatoms. The Bertz CT molecular complexity index is 597. The molecule has 0 atom stereocenters. The van der Waals surface area contributed by atoms with Gasteiger partial charge in [-0.05, 0) is 61.0 Å². The van der Waals surface area contributed by atoms with E-state index in [1.54, 1.807) is 0 Å². The molecule has 1 heterocycles. The van der Waals surface area contributed by atoms with Gasteiger partial charge in [0.05, 0.1) is 16.3 Å². The van der Waals surface area contributed by atoms with Crippen LogP contribution >= 0.6 is 15.9 Å². The first kappa shape index (κ1) is 14.8. The van der Waals surface area contributed by atoms with Crippen molar-refractivity contribution in [1.29, 1.82) is 0 Å². The maximum atomic E-state index is 5.63. The Morgan fingerprint density at radius 3 is 2.35 bits per heavy atom. The Balaban J connectivity index is 2.34. The SMILES string of the molecule is CNc1nc(-c2ccc(OC(C)C)cc2)nc(C)c1Br. The Kier molecular flexibility index (Phi) is 4.60. The quantitative estimate of drug-likeness (QED) is 0.915. The Morgan fingerprint density at radius 1 is 1.15 bits per heavy atom. The highest BCUT2D eigenvalue weighted by Gasteiger charge is 2.10. The average Bonchev–Trinajstić information content (AvgIpc) is 2.42. The molecule has 2 aromatic rings. The van der Waals surface area contributed by atoms with Gasteiger partial charge in [0.2, 0.25) is 0 Å². The minimum Gasteiger partial charge on any atom is -0.491 e. The maximum absolute atomic E-state index is 5.63. The van der Waals surface area contributed by atoms with Crippen LogP contribution in [0.4, 0.5) is 5.82 Å². The lowest BCUT2D eigenvalue weighted by Crippen LogP contribution is -2.05. The molecule has 0 aliphatic heterocycles. The van der Waals surface area contributed by atoms with E-state index in [1.807, 2.05) is 52.1 Å². The van der Waals surface area contributed by atoms with Gasteiger partial charge in [0.25, 0.3) is 0 Å². The van der Waals surface area contributed by atoms with E-state index in [2.05, 4.69) is 31.2 Å². The summed E-state index contributed by atoms with van der Waals surface area (Å²) in [5.41, 5.74) is 1.87. The van der Waals surface area contributed by atoms with Crippen molar-refractivity contribution in [1.82, 2.24) is 9.97 Å². The summed E-state index contributed by atoms with van der Waals surface area (Å²) in [6, 6.07) is 7.82. The van der Waals surface area contributed by atoms with E-state index in [1.165, 1.54) is 0 Å². The summed E-state index contributed by atoms with van der Waals surface area (Å²) in [7, 11) is 1.84. The lowest BCUT2D eigenvalue weighted by Gasteiger charge is -2.11. The van der Waals surface area contributed by atoms with Crippen molar-refractivity contribution < 1.29 is 4.74 Å². The van der Waals surface area contributed by atoms with Crippen LogP contribution in [0.2, 0.25) is 0 Å². The van der Waals surface area contributed by atoms with Crippen LogP contribution in [-0.4, -0.2) is 23.1 Å². The Labute approximate surface area is 127 Å². The predicted molar refractivity (Wildman–Crippen MR) is 85.2 cm³/mol. The van der Waals surface area contributed by atoms with E-state index in [0.717, 1.165) is 27.3 Å². The third-order valence-electron chi connectivity index (χ3n) is 2.74. The molecule has 20 heavy (non-hydrogen) atoms. The fourth-order valence-corrected chi connectivity index (χ4v) is 2.18. The van der Waals surface area contributed by atoms with E-state index in [4.69, 9.17) is 4.74 Å². The van der Waals surface area contributed by atoms with Crippen molar-refractivity contribution in [3.05, 3.63) is 34.4 Å². The number of halogens is 1. The summed E-state index contributed by atoms with van der Waals surface area (Å²) in [5, 5.41) is 3.06. The second-order valence-corrected chi connectivity index (χ2v) is 5.53. The first-order valence-corrected chi connectivity index (χ1v) is 7.29. The molecule has 0 aliphatic rings. The highest BCUT2D eigenvalue weighted by Crippen LogP contribution is 2.27. The zero-order valence-electron chi connectivity index (χ0n) is 12.1. The molecule has 4 nitrogen and oxygen atoms in total. The second kappa shape index (κ2) is 6.22. The summed E-state index contributed by atoms with van der Waals surface area (Å²) >= 11 is 3.48. The zero-order chi connectivity index (χ0) is 14.7. The third kappa shape index (κ3) is 3.28.